The Hall–Kier alpha value is -3.24. The standard InChI is InChI=1S/C27H33N3O6S/c1-3-36-27(33)21-6-4-7-22(18-21)28-25(31)24-8-5-15-30(24)26(32)20-13-16-29(17-14-20)37(34,35)23-11-9-19(2)10-12-23/h4,6-7,9-12,18,20,24H,3,5,8,13-17H2,1-2H3,(H,28,31). The van der Waals surface area contributed by atoms with Gasteiger partial charge in [0.15, 0.2) is 0 Å². The second kappa shape index (κ2) is 11.4. The summed E-state index contributed by atoms with van der Waals surface area (Å²) in [7, 11) is -3.61. The molecule has 0 aromatic heterocycles. The molecule has 198 valence electrons. The summed E-state index contributed by atoms with van der Waals surface area (Å²) in [6.45, 7) is 4.89. The highest BCUT2D eigenvalue weighted by Crippen LogP contribution is 2.29. The number of carbonyl (C=O) groups excluding carboxylic acids is 3. The van der Waals surface area contributed by atoms with Crippen molar-refractivity contribution in [2.75, 3.05) is 31.6 Å². The number of likely N-dealkylation sites (tertiary alicyclic amines) is 1. The van der Waals surface area contributed by atoms with E-state index in [1.807, 2.05) is 6.92 Å². The van der Waals surface area contributed by atoms with Crippen molar-refractivity contribution in [2.24, 2.45) is 5.92 Å². The largest absolute Gasteiger partial charge is 0.462 e. The van der Waals surface area contributed by atoms with Gasteiger partial charge in [0, 0.05) is 31.2 Å². The zero-order valence-corrected chi connectivity index (χ0v) is 22.0. The van der Waals surface area contributed by atoms with Crippen LogP contribution in [0, 0.1) is 12.8 Å². The number of ether oxygens (including phenoxy) is 1. The van der Waals surface area contributed by atoms with Crippen molar-refractivity contribution >= 4 is 33.5 Å². The van der Waals surface area contributed by atoms with E-state index < -0.39 is 22.0 Å². The van der Waals surface area contributed by atoms with Crippen LogP contribution in [0.25, 0.3) is 0 Å². The minimum atomic E-state index is -3.61. The summed E-state index contributed by atoms with van der Waals surface area (Å²) >= 11 is 0. The van der Waals surface area contributed by atoms with Crippen molar-refractivity contribution < 1.29 is 27.5 Å². The van der Waals surface area contributed by atoms with E-state index in [0.717, 1.165) is 5.56 Å². The molecule has 1 unspecified atom stereocenters. The van der Waals surface area contributed by atoms with Gasteiger partial charge in [-0.05, 0) is 69.9 Å². The molecule has 2 heterocycles. The molecule has 0 aliphatic carbocycles. The lowest BCUT2D eigenvalue weighted by atomic mass is 9.96. The van der Waals surface area contributed by atoms with Crippen LogP contribution in [0.5, 0.6) is 0 Å². The van der Waals surface area contributed by atoms with Crippen LogP contribution in [0.3, 0.4) is 0 Å². The van der Waals surface area contributed by atoms with Crippen molar-refractivity contribution in [1.29, 1.82) is 0 Å². The molecular formula is C27H33N3O6S. The summed E-state index contributed by atoms with van der Waals surface area (Å²) in [5.74, 6) is -1.20. The van der Waals surface area contributed by atoms with E-state index in [4.69, 9.17) is 4.74 Å². The summed E-state index contributed by atoms with van der Waals surface area (Å²) in [4.78, 5) is 40.3. The van der Waals surface area contributed by atoms with Gasteiger partial charge in [-0.15, -0.1) is 0 Å². The molecule has 4 rings (SSSR count). The van der Waals surface area contributed by atoms with Gasteiger partial charge in [-0.1, -0.05) is 23.8 Å². The molecule has 0 bridgehead atoms. The SMILES string of the molecule is CCOC(=O)c1cccc(NC(=O)C2CCCN2C(=O)C2CCN(S(=O)(=O)c3ccc(C)cc3)CC2)c1. The van der Waals surface area contributed by atoms with Crippen molar-refractivity contribution in [2.45, 2.75) is 50.5 Å². The van der Waals surface area contributed by atoms with Crippen LogP contribution < -0.4 is 5.32 Å². The van der Waals surface area contributed by atoms with Gasteiger partial charge in [-0.3, -0.25) is 9.59 Å². The molecule has 10 heteroatoms. The fraction of sp³-hybridized carbons (Fsp3) is 0.444. The lowest BCUT2D eigenvalue weighted by Gasteiger charge is -2.34. The quantitative estimate of drug-likeness (QED) is 0.554. The lowest BCUT2D eigenvalue weighted by Crippen LogP contribution is -2.48. The zero-order chi connectivity index (χ0) is 26.6. The van der Waals surface area contributed by atoms with E-state index in [-0.39, 0.29) is 42.3 Å². The van der Waals surface area contributed by atoms with Crippen LogP contribution in [-0.4, -0.2) is 67.7 Å². The number of amides is 2. The Balaban J connectivity index is 1.37. The monoisotopic (exact) mass is 527 g/mol. The van der Waals surface area contributed by atoms with Crippen molar-refractivity contribution in [3.8, 4) is 0 Å². The molecule has 0 spiro atoms. The number of aryl methyl sites for hydroxylation is 1. The Kier molecular flexibility index (Phi) is 8.29. The van der Waals surface area contributed by atoms with Gasteiger partial charge in [0.2, 0.25) is 21.8 Å². The molecule has 0 saturated carbocycles. The third-order valence-corrected chi connectivity index (χ3v) is 8.85. The summed E-state index contributed by atoms with van der Waals surface area (Å²) in [5.41, 5.74) is 1.79. The third kappa shape index (κ3) is 6.02. The Morgan fingerprint density at radius 1 is 1.00 bits per heavy atom. The summed E-state index contributed by atoms with van der Waals surface area (Å²) in [6, 6.07) is 12.7. The number of hydrogen-bond acceptors (Lipinski definition) is 6. The number of esters is 1. The summed E-state index contributed by atoms with van der Waals surface area (Å²) in [5, 5.41) is 2.83. The van der Waals surface area contributed by atoms with E-state index in [9.17, 15) is 22.8 Å². The number of benzene rings is 2. The minimum Gasteiger partial charge on any atom is -0.462 e. The predicted molar refractivity (Wildman–Crippen MR) is 138 cm³/mol. The second-order valence-electron chi connectivity index (χ2n) is 9.47. The highest BCUT2D eigenvalue weighted by molar-refractivity contribution is 7.89. The molecule has 9 nitrogen and oxygen atoms in total. The van der Waals surface area contributed by atoms with Crippen LogP contribution >= 0.6 is 0 Å². The Morgan fingerprint density at radius 2 is 1.70 bits per heavy atom. The zero-order valence-electron chi connectivity index (χ0n) is 21.2. The maximum Gasteiger partial charge on any atom is 0.338 e. The predicted octanol–water partition coefficient (Wildman–Crippen LogP) is 3.20. The Labute approximate surface area is 217 Å². The number of nitrogens with one attached hydrogen (secondary N) is 1. The first-order valence-corrected chi connectivity index (χ1v) is 14.1. The molecule has 2 aromatic carbocycles. The number of piperidine rings is 1. The van der Waals surface area contributed by atoms with Crippen LogP contribution in [0.4, 0.5) is 5.69 Å². The number of anilines is 1. The normalized spacial score (nSPS) is 19.0. The molecule has 2 aliphatic rings. The molecule has 1 N–H and O–H groups in total. The van der Waals surface area contributed by atoms with Gasteiger partial charge in [0.25, 0.3) is 0 Å². The maximum absolute atomic E-state index is 13.4. The van der Waals surface area contributed by atoms with Gasteiger partial charge < -0.3 is 15.0 Å². The first-order chi connectivity index (χ1) is 17.7. The van der Waals surface area contributed by atoms with Crippen LogP contribution in [0.2, 0.25) is 0 Å². The van der Waals surface area contributed by atoms with Gasteiger partial charge in [-0.2, -0.15) is 4.31 Å². The first kappa shape index (κ1) is 26.8. The molecule has 2 saturated heterocycles. The van der Waals surface area contributed by atoms with E-state index >= 15 is 0 Å². The number of nitrogens with zero attached hydrogens (tertiary/aromatic N) is 2. The van der Waals surface area contributed by atoms with Crippen molar-refractivity contribution in [1.82, 2.24) is 9.21 Å². The van der Waals surface area contributed by atoms with E-state index in [1.54, 1.807) is 60.4 Å². The van der Waals surface area contributed by atoms with E-state index in [0.29, 0.717) is 43.5 Å². The van der Waals surface area contributed by atoms with Gasteiger partial charge in [-0.25, -0.2) is 13.2 Å². The van der Waals surface area contributed by atoms with Crippen molar-refractivity contribution in [3.05, 3.63) is 59.7 Å². The highest BCUT2D eigenvalue weighted by Gasteiger charge is 2.39. The van der Waals surface area contributed by atoms with Gasteiger partial charge >= 0.3 is 5.97 Å². The maximum atomic E-state index is 13.4. The molecule has 37 heavy (non-hydrogen) atoms. The Morgan fingerprint density at radius 3 is 2.38 bits per heavy atom. The average Bonchev–Trinajstić information content (AvgIpc) is 3.39. The first-order valence-electron chi connectivity index (χ1n) is 12.7. The Bertz CT molecular complexity index is 1250. The summed E-state index contributed by atoms with van der Waals surface area (Å²) in [6.07, 6.45) is 2.09. The number of sulfonamides is 1. The molecule has 2 amide bonds. The lowest BCUT2D eigenvalue weighted by molar-refractivity contribution is -0.141. The fourth-order valence-corrected chi connectivity index (χ4v) is 6.37. The van der Waals surface area contributed by atoms with Crippen molar-refractivity contribution in [3.63, 3.8) is 0 Å². The van der Waals surface area contributed by atoms with Crippen LogP contribution in [0.15, 0.2) is 53.4 Å². The third-order valence-electron chi connectivity index (χ3n) is 6.94. The topological polar surface area (TPSA) is 113 Å². The van der Waals surface area contributed by atoms with Gasteiger partial charge in [0.05, 0.1) is 17.1 Å². The fourth-order valence-electron chi connectivity index (χ4n) is 4.90. The molecule has 2 aromatic rings. The molecular weight excluding hydrogens is 494 g/mol. The number of carbonyl (C=O) groups is 3. The van der Waals surface area contributed by atoms with E-state index in [1.165, 1.54) is 4.31 Å². The molecule has 2 fully saturated rings. The minimum absolute atomic E-state index is 0.106. The molecule has 2 aliphatic heterocycles. The van der Waals surface area contributed by atoms with Crippen LogP contribution in [-0.2, 0) is 24.3 Å². The molecule has 0 radical (unpaired) electrons. The highest BCUT2D eigenvalue weighted by atomic mass is 32.2. The van der Waals surface area contributed by atoms with E-state index in [2.05, 4.69) is 5.32 Å². The number of hydrogen-bond donors (Lipinski definition) is 1. The second-order valence-corrected chi connectivity index (χ2v) is 11.4. The van der Waals surface area contributed by atoms with Crippen LogP contribution in [0.1, 0.15) is 48.5 Å². The smallest absolute Gasteiger partial charge is 0.338 e. The molecule has 1 atom stereocenters. The van der Waals surface area contributed by atoms with Gasteiger partial charge in [0.1, 0.15) is 6.04 Å². The summed E-state index contributed by atoms with van der Waals surface area (Å²) < 4.78 is 32.4. The average molecular weight is 528 g/mol. The number of rotatable bonds is 7.